The molecule has 1 N–H and O–H groups in total. The van der Waals surface area contributed by atoms with Crippen molar-refractivity contribution < 1.29 is 9.13 Å². The number of benzene rings is 1. The molecule has 0 radical (unpaired) electrons. The average molecular weight is 547 g/mol. The SMILES string of the molecule is N#Cc1cccnc1NC1=CC2=NCc3ccccc3N(/C3=C/C=C(F)\C=C/CC3)C2=CC1=NC1CCCOCC1. The predicted molar refractivity (Wildman–Crippen MR) is 160 cm³/mol. The van der Waals surface area contributed by atoms with E-state index in [9.17, 15) is 9.65 Å². The number of hydrogen-bond donors (Lipinski definition) is 1. The molecule has 2 aliphatic carbocycles. The Morgan fingerprint density at radius 3 is 2.95 bits per heavy atom. The van der Waals surface area contributed by atoms with Gasteiger partial charge in [-0.05, 0) is 86.2 Å². The topological polar surface area (TPSA) is 85.9 Å². The summed E-state index contributed by atoms with van der Waals surface area (Å²) in [7, 11) is 0. The first kappa shape index (κ1) is 26.6. The van der Waals surface area contributed by atoms with Crippen LogP contribution in [0.2, 0.25) is 0 Å². The number of ether oxygens (including phenoxy) is 1. The molecule has 1 aromatic carbocycles. The first-order valence-corrected chi connectivity index (χ1v) is 14.1. The van der Waals surface area contributed by atoms with E-state index in [1.807, 2.05) is 30.4 Å². The maximum atomic E-state index is 14.3. The van der Waals surface area contributed by atoms with Crippen LogP contribution in [-0.4, -0.2) is 35.7 Å². The summed E-state index contributed by atoms with van der Waals surface area (Å²) in [5.41, 5.74) is 6.68. The monoisotopic (exact) mass is 546 g/mol. The summed E-state index contributed by atoms with van der Waals surface area (Å²) in [6, 6.07) is 14.0. The van der Waals surface area contributed by atoms with Crippen LogP contribution in [0.15, 0.2) is 112 Å². The van der Waals surface area contributed by atoms with Crippen LogP contribution < -0.4 is 10.2 Å². The molecule has 2 aliphatic heterocycles. The highest BCUT2D eigenvalue weighted by Gasteiger charge is 2.29. The van der Waals surface area contributed by atoms with Crippen molar-refractivity contribution in [3.63, 3.8) is 0 Å². The maximum Gasteiger partial charge on any atom is 0.148 e. The predicted octanol–water partition coefficient (Wildman–Crippen LogP) is 6.71. The highest BCUT2D eigenvalue weighted by Crippen LogP contribution is 2.36. The highest BCUT2D eigenvalue weighted by atomic mass is 19.1. The Morgan fingerprint density at radius 1 is 1.10 bits per heavy atom. The number of nitrogens with zero attached hydrogens (tertiary/aromatic N) is 5. The van der Waals surface area contributed by atoms with Gasteiger partial charge in [-0.15, -0.1) is 0 Å². The molecule has 0 bridgehead atoms. The Balaban J connectivity index is 1.49. The number of allylic oxidation sites excluding steroid dienone is 8. The number of pyridine rings is 1. The number of hydrogen-bond acceptors (Lipinski definition) is 7. The van der Waals surface area contributed by atoms with Crippen molar-refractivity contribution in [1.82, 2.24) is 4.98 Å². The third kappa shape index (κ3) is 5.96. The summed E-state index contributed by atoms with van der Waals surface area (Å²) in [5, 5.41) is 13.1. The van der Waals surface area contributed by atoms with Gasteiger partial charge < -0.3 is 15.0 Å². The molecule has 6 rings (SSSR count). The van der Waals surface area contributed by atoms with E-state index in [4.69, 9.17) is 14.7 Å². The van der Waals surface area contributed by atoms with Crippen LogP contribution in [-0.2, 0) is 11.3 Å². The molecule has 0 amide bonds. The quantitative estimate of drug-likeness (QED) is 0.431. The zero-order valence-corrected chi connectivity index (χ0v) is 22.8. The number of aromatic nitrogens is 1. The van der Waals surface area contributed by atoms with Crippen molar-refractivity contribution >= 4 is 22.9 Å². The van der Waals surface area contributed by atoms with Gasteiger partial charge in [0.15, 0.2) is 0 Å². The zero-order chi connectivity index (χ0) is 28.0. The highest BCUT2D eigenvalue weighted by molar-refractivity contribution is 6.26. The standard InChI is InChI=1S/C33H31FN6O/c34-25-9-2-3-11-27(14-13-25)40-31-12-4-1-7-24(31)22-37-30-19-28(39-33-23(21-35)8-5-16-36-33)29(20-32(30)40)38-26-10-6-17-41-18-15-26/h1-2,4-5,7-9,12-14,16,19-20,26H,3,6,10-11,15,17-18,22H2,(H,36,39)/b9-2-,25-13+,27-14+,38-29?. The molecule has 1 fully saturated rings. The number of fused-ring (bicyclic) bond motifs is 2. The van der Waals surface area contributed by atoms with Crippen LogP contribution in [0.3, 0.4) is 0 Å². The molecule has 1 aromatic heterocycles. The Bertz CT molecular complexity index is 1580. The maximum absolute atomic E-state index is 14.3. The van der Waals surface area contributed by atoms with Crippen molar-refractivity contribution in [2.24, 2.45) is 9.98 Å². The van der Waals surface area contributed by atoms with E-state index in [0.29, 0.717) is 31.0 Å². The normalized spacial score (nSPS) is 25.1. The van der Waals surface area contributed by atoms with E-state index in [1.54, 1.807) is 18.3 Å². The number of halogens is 1. The van der Waals surface area contributed by atoms with Gasteiger partial charge in [-0.25, -0.2) is 9.37 Å². The largest absolute Gasteiger partial charge is 0.381 e. The van der Waals surface area contributed by atoms with E-state index >= 15 is 0 Å². The number of aliphatic imine (C=N–C) groups is 2. The van der Waals surface area contributed by atoms with E-state index in [0.717, 1.165) is 72.1 Å². The van der Waals surface area contributed by atoms with Crippen LogP contribution in [0.5, 0.6) is 0 Å². The van der Waals surface area contributed by atoms with E-state index < -0.39 is 0 Å². The third-order valence-electron chi connectivity index (χ3n) is 7.48. The van der Waals surface area contributed by atoms with E-state index in [-0.39, 0.29) is 11.9 Å². The summed E-state index contributed by atoms with van der Waals surface area (Å²) in [5.74, 6) is 0.198. The third-order valence-corrected chi connectivity index (χ3v) is 7.48. The van der Waals surface area contributed by atoms with Gasteiger partial charge in [0.05, 0.1) is 46.7 Å². The number of rotatable bonds is 4. The van der Waals surface area contributed by atoms with E-state index in [2.05, 4.69) is 39.5 Å². The second kappa shape index (κ2) is 12.3. The second-order valence-electron chi connectivity index (χ2n) is 10.3. The zero-order valence-electron chi connectivity index (χ0n) is 22.8. The van der Waals surface area contributed by atoms with Gasteiger partial charge in [-0.2, -0.15) is 5.26 Å². The smallest absolute Gasteiger partial charge is 0.148 e. The minimum Gasteiger partial charge on any atom is -0.381 e. The number of anilines is 2. The van der Waals surface area contributed by atoms with Gasteiger partial charge in [0.1, 0.15) is 17.7 Å². The molecule has 7 nitrogen and oxygen atoms in total. The Hall–Kier alpha value is -4.61. The molecule has 1 unspecified atom stereocenters. The Kier molecular flexibility index (Phi) is 7.97. The fourth-order valence-corrected chi connectivity index (χ4v) is 5.41. The van der Waals surface area contributed by atoms with Crippen LogP contribution >= 0.6 is 0 Å². The fourth-order valence-electron chi connectivity index (χ4n) is 5.41. The molecule has 41 heavy (non-hydrogen) atoms. The first-order valence-electron chi connectivity index (χ1n) is 14.1. The lowest BCUT2D eigenvalue weighted by atomic mass is 10.00. The van der Waals surface area contributed by atoms with Crippen molar-refractivity contribution in [3.05, 3.63) is 113 Å². The molecular weight excluding hydrogens is 515 g/mol. The summed E-state index contributed by atoms with van der Waals surface area (Å²) >= 11 is 0. The van der Waals surface area contributed by atoms with Crippen molar-refractivity contribution in [3.8, 4) is 6.07 Å². The average Bonchev–Trinajstić information content (AvgIpc) is 3.34. The molecule has 206 valence electrons. The van der Waals surface area contributed by atoms with Crippen molar-refractivity contribution in [2.45, 2.75) is 44.7 Å². The van der Waals surface area contributed by atoms with Gasteiger partial charge >= 0.3 is 0 Å². The molecule has 0 saturated carbocycles. The fraction of sp³-hybridized carbons (Fsp3) is 0.273. The first-order chi connectivity index (χ1) is 20.2. The van der Waals surface area contributed by atoms with Gasteiger partial charge in [-0.3, -0.25) is 9.98 Å². The molecule has 8 heteroatoms. The summed E-state index contributed by atoms with van der Waals surface area (Å²) < 4.78 is 20.0. The van der Waals surface area contributed by atoms with E-state index in [1.165, 1.54) is 12.2 Å². The second-order valence-corrected chi connectivity index (χ2v) is 10.3. The summed E-state index contributed by atoms with van der Waals surface area (Å²) in [4.78, 5) is 16.9. The molecule has 1 atom stereocenters. The minimum atomic E-state index is -0.273. The molecule has 1 saturated heterocycles. The number of nitrogens with one attached hydrogen (secondary N) is 1. The molecule has 4 aliphatic rings. The number of nitriles is 1. The molecular formula is C33H31FN6O. The number of para-hydroxylation sites is 1. The Morgan fingerprint density at radius 2 is 2.02 bits per heavy atom. The van der Waals surface area contributed by atoms with Crippen LogP contribution in [0.1, 0.15) is 43.2 Å². The lowest BCUT2D eigenvalue weighted by Gasteiger charge is -2.32. The molecule has 0 spiro atoms. The van der Waals surface area contributed by atoms with Crippen LogP contribution in [0.4, 0.5) is 15.9 Å². The van der Waals surface area contributed by atoms with Gasteiger partial charge in [-0.1, -0.05) is 24.3 Å². The van der Waals surface area contributed by atoms with Crippen molar-refractivity contribution in [2.75, 3.05) is 23.4 Å². The summed E-state index contributed by atoms with van der Waals surface area (Å²) in [6.45, 7) is 1.92. The van der Waals surface area contributed by atoms with Gasteiger partial charge in [0.25, 0.3) is 0 Å². The van der Waals surface area contributed by atoms with Crippen LogP contribution in [0, 0.1) is 11.3 Å². The summed E-state index contributed by atoms with van der Waals surface area (Å²) in [6.07, 6.45) is 16.7. The molecule has 3 heterocycles. The van der Waals surface area contributed by atoms with Crippen molar-refractivity contribution in [1.29, 1.82) is 5.26 Å². The minimum absolute atomic E-state index is 0.0986. The lowest BCUT2D eigenvalue weighted by molar-refractivity contribution is 0.143. The van der Waals surface area contributed by atoms with Gasteiger partial charge in [0.2, 0.25) is 0 Å². The molecule has 2 aromatic rings. The Labute approximate surface area is 239 Å². The van der Waals surface area contributed by atoms with Gasteiger partial charge in [0, 0.05) is 25.1 Å². The lowest BCUT2D eigenvalue weighted by Crippen LogP contribution is -2.31. The van der Waals surface area contributed by atoms with Crippen LogP contribution in [0.25, 0.3) is 0 Å².